The summed E-state index contributed by atoms with van der Waals surface area (Å²) in [6.07, 6.45) is 8.41. The lowest BCUT2D eigenvalue weighted by Gasteiger charge is -2.06. The lowest BCUT2D eigenvalue weighted by atomic mass is 10.2. The molecule has 0 fully saturated rings. The second-order valence-electron chi connectivity index (χ2n) is 4.77. The number of aromatic nitrogens is 6. The van der Waals surface area contributed by atoms with Gasteiger partial charge in [-0.05, 0) is 40.5 Å². The van der Waals surface area contributed by atoms with Crippen molar-refractivity contribution in [1.82, 2.24) is 30.1 Å². The topological polar surface area (TPSA) is 85.4 Å². The molecule has 3 heterocycles. The maximum absolute atomic E-state index is 4.73. The molecule has 0 unspecified atom stereocenters. The lowest BCUT2D eigenvalue weighted by molar-refractivity contribution is 0.315. The molecule has 0 aliphatic carbocycles. The van der Waals surface area contributed by atoms with Crippen molar-refractivity contribution in [3.05, 3.63) is 48.5 Å². The van der Waals surface area contributed by atoms with Gasteiger partial charge in [0.1, 0.15) is 16.9 Å². The molecule has 0 saturated heterocycles. The molecule has 0 radical (unpaired) electrons. The number of nitrogens with one attached hydrogen (secondary N) is 1. The molecule has 0 spiro atoms. The third kappa shape index (κ3) is 2.18. The molecular formula is C14H12N6O. The molecule has 4 rings (SSSR count). The highest BCUT2D eigenvalue weighted by molar-refractivity contribution is 5.78. The molecule has 0 amide bonds. The van der Waals surface area contributed by atoms with Crippen LogP contribution in [0, 0.1) is 0 Å². The van der Waals surface area contributed by atoms with Gasteiger partial charge in [0, 0.05) is 30.7 Å². The Balaban J connectivity index is 1.64. The first-order valence-electron chi connectivity index (χ1n) is 6.61. The minimum Gasteiger partial charge on any atom is -0.331 e. The zero-order chi connectivity index (χ0) is 14.1. The SMILES string of the molecule is c1cn(CCc2cn[nH]c2)c(-c2ccc3nonc3c2)n1. The van der Waals surface area contributed by atoms with Crippen LogP contribution in [0.1, 0.15) is 5.56 Å². The minimum absolute atomic E-state index is 0.733. The van der Waals surface area contributed by atoms with Crippen LogP contribution in [0.3, 0.4) is 0 Å². The van der Waals surface area contributed by atoms with Crippen LogP contribution in [0.15, 0.2) is 47.6 Å². The lowest BCUT2D eigenvalue weighted by Crippen LogP contribution is -2.02. The van der Waals surface area contributed by atoms with Crippen LogP contribution in [0.25, 0.3) is 22.4 Å². The summed E-state index contributed by atoms with van der Waals surface area (Å²) in [6, 6.07) is 5.79. The normalized spacial score (nSPS) is 11.2. The first-order valence-corrected chi connectivity index (χ1v) is 6.61. The highest BCUT2D eigenvalue weighted by atomic mass is 16.6. The summed E-state index contributed by atoms with van der Waals surface area (Å²) < 4.78 is 6.84. The van der Waals surface area contributed by atoms with Gasteiger partial charge in [-0.25, -0.2) is 9.61 Å². The van der Waals surface area contributed by atoms with E-state index in [1.807, 2.05) is 36.8 Å². The Morgan fingerprint density at radius 1 is 1.19 bits per heavy atom. The van der Waals surface area contributed by atoms with Gasteiger partial charge in [-0.2, -0.15) is 5.10 Å². The maximum Gasteiger partial charge on any atom is 0.139 e. The highest BCUT2D eigenvalue weighted by Crippen LogP contribution is 2.21. The van der Waals surface area contributed by atoms with Crippen LogP contribution in [0.4, 0.5) is 0 Å². The number of hydrogen-bond donors (Lipinski definition) is 1. The van der Waals surface area contributed by atoms with E-state index in [1.54, 1.807) is 6.20 Å². The third-order valence-electron chi connectivity index (χ3n) is 3.42. The Bertz CT molecular complexity index is 861. The predicted molar refractivity (Wildman–Crippen MR) is 75.3 cm³/mol. The number of benzene rings is 1. The van der Waals surface area contributed by atoms with Gasteiger partial charge in [0.05, 0.1) is 6.20 Å². The molecule has 4 aromatic rings. The van der Waals surface area contributed by atoms with Gasteiger partial charge in [0.25, 0.3) is 0 Å². The van der Waals surface area contributed by atoms with Gasteiger partial charge in [-0.15, -0.1) is 0 Å². The smallest absolute Gasteiger partial charge is 0.139 e. The number of rotatable bonds is 4. The molecule has 21 heavy (non-hydrogen) atoms. The highest BCUT2D eigenvalue weighted by Gasteiger charge is 2.09. The summed E-state index contributed by atoms with van der Waals surface area (Å²) in [5.41, 5.74) is 3.65. The van der Waals surface area contributed by atoms with Crippen molar-refractivity contribution in [3.63, 3.8) is 0 Å². The van der Waals surface area contributed by atoms with Gasteiger partial charge in [-0.1, -0.05) is 0 Å². The van der Waals surface area contributed by atoms with Crippen LogP contribution >= 0.6 is 0 Å². The van der Waals surface area contributed by atoms with E-state index in [4.69, 9.17) is 4.63 Å². The van der Waals surface area contributed by atoms with Gasteiger partial charge < -0.3 is 4.57 Å². The largest absolute Gasteiger partial charge is 0.331 e. The molecule has 0 aliphatic heterocycles. The quantitative estimate of drug-likeness (QED) is 0.618. The van der Waals surface area contributed by atoms with Crippen molar-refractivity contribution in [2.24, 2.45) is 0 Å². The van der Waals surface area contributed by atoms with E-state index < -0.39 is 0 Å². The Labute approximate surface area is 119 Å². The van der Waals surface area contributed by atoms with E-state index >= 15 is 0 Å². The number of fused-ring (bicyclic) bond motifs is 1. The average molecular weight is 280 g/mol. The van der Waals surface area contributed by atoms with E-state index in [0.29, 0.717) is 0 Å². The molecule has 1 N–H and O–H groups in total. The number of nitrogens with zero attached hydrogens (tertiary/aromatic N) is 5. The van der Waals surface area contributed by atoms with Crippen molar-refractivity contribution >= 4 is 11.0 Å². The van der Waals surface area contributed by atoms with Gasteiger partial charge >= 0.3 is 0 Å². The average Bonchev–Trinajstić information content (AvgIpc) is 3.24. The fraction of sp³-hybridized carbons (Fsp3) is 0.143. The van der Waals surface area contributed by atoms with Crippen LogP contribution < -0.4 is 0 Å². The van der Waals surface area contributed by atoms with Crippen molar-refractivity contribution in [3.8, 4) is 11.4 Å². The van der Waals surface area contributed by atoms with Crippen molar-refractivity contribution in [2.75, 3.05) is 0 Å². The molecule has 1 aromatic carbocycles. The maximum atomic E-state index is 4.73. The van der Waals surface area contributed by atoms with E-state index in [2.05, 4.69) is 30.1 Å². The third-order valence-corrected chi connectivity index (χ3v) is 3.42. The summed E-state index contributed by atoms with van der Waals surface area (Å²) in [6.45, 7) is 0.837. The van der Waals surface area contributed by atoms with E-state index in [0.717, 1.165) is 35.4 Å². The van der Waals surface area contributed by atoms with E-state index in [-0.39, 0.29) is 0 Å². The number of aryl methyl sites for hydroxylation is 2. The van der Waals surface area contributed by atoms with Crippen LogP contribution in [0.5, 0.6) is 0 Å². The zero-order valence-electron chi connectivity index (χ0n) is 11.1. The summed E-state index contributed by atoms with van der Waals surface area (Å²) in [5.74, 6) is 0.906. The number of H-pyrrole nitrogens is 1. The molecule has 7 heteroatoms. The Morgan fingerprint density at radius 2 is 2.14 bits per heavy atom. The fourth-order valence-corrected chi connectivity index (χ4v) is 2.34. The molecule has 0 bridgehead atoms. The zero-order valence-corrected chi connectivity index (χ0v) is 11.1. The Hall–Kier alpha value is -2.96. The summed E-state index contributed by atoms with van der Waals surface area (Å²) in [4.78, 5) is 4.44. The first-order chi connectivity index (χ1) is 10.4. The molecule has 7 nitrogen and oxygen atoms in total. The second kappa shape index (κ2) is 4.86. The number of hydrogen-bond acceptors (Lipinski definition) is 5. The second-order valence-corrected chi connectivity index (χ2v) is 4.77. The molecule has 104 valence electrons. The predicted octanol–water partition coefficient (Wildman–Crippen LogP) is 2.05. The monoisotopic (exact) mass is 280 g/mol. The molecule has 0 saturated carbocycles. The van der Waals surface area contributed by atoms with Crippen LogP contribution in [0.2, 0.25) is 0 Å². The summed E-state index contributed by atoms with van der Waals surface area (Å²) >= 11 is 0. The van der Waals surface area contributed by atoms with Gasteiger partial charge in [-0.3, -0.25) is 5.10 Å². The molecule has 0 atom stereocenters. The number of aromatic amines is 1. The molecule has 3 aromatic heterocycles. The number of imidazole rings is 1. The van der Waals surface area contributed by atoms with Gasteiger partial charge in [0.2, 0.25) is 0 Å². The van der Waals surface area contributed by atoms with Crippen molar-refractivity contribution < 1.29 is 4.63 Å². The first kappa shape index (κ1) is 11.8. The molecular weight excluding hydrogens is 268 g/mol. The Morgan fingerprint density at radius 3 is 3.05 bits per heavy atom. The summed E-state index contributed by atoms with van der Waals surface area (Å²) in [5, 5.41) is 14.5. The molecule has 0 aliphatic rings. The van der Waals surface area contributed by atoms with Crippen LogP contribution in [-0.4, -0.2) is 30.1 Å². The minimum atomic E-state index is 0.733. The van der Waals surface area contributed by atoms with Crippen molar-refractivity contribution in [2.45, 2.75) is 13.0 Å². The van der Waals surface area contributed by atoms with Crippen molar-refractivity contribution in [1.29, 1.82) is 0 Å². The van der Waals surface area contributed by atoms with E-state index in [9.17, 15) is 0 Å². The van der Waals surface area contributed by atoms with E-state index in [1.165, 1.54) is 5.56 Å². The van der Waals surface area contributed by atoms with Gasteiger partial charge in [0.15, 0.2) is 0 Å². The standard InChI is InChI=1S/C14H12N6O/c1-2-12-13(19-21-18-12)7-11(1)14-15-4-6-20(14)5-3-10-8-16-17-9-10/h1-2,4,6-9H,3,5H2,(H,16,17). The summed E-state index contributed by atoms with van der Waals surface area (Å²) in [7, 11) is 0. The fourth-order valence-electron chi connectivity index (χ4n) is 2.34. The van der Waals surface area contributed by atoms with Crippen LogP contribution in [-0.2, 0) is 13.0 Å². The Kier molecular flexibility index (Phi) is 2.74.